The second-order valence-corrected chi connectivity index (χ2v) is 8.25. The summed E-state index contributed by atoms with van der Waals surface area (Å²) in [7, 11) is 0. The zero-order valence-corrected chi connectivity index (χ0v) is 19.6. The lowest BCUT2D eigenvalue weighted by molar-refractivity contribution is 0.0693. The summed E-state index contributed by atoms with van der Waals surface area (Å²) in [6.45, 7) is 2.82. The highest BCUT2D eigenvalue weighted by atomic mass is 19.1. The molecule has 0 fully saturated rings. The minimum absolute atomic E-state index is 0.200. The normalized spacial score (nSPS) is 10.3. The average molecular weight is 474 g/mol. The maximum absolute atomic E-state index is 13.6. The number of benzene rings is 3. The van der Waals surface area contributed by atoms with E-state index in [1.807, 2.05) is 0 Å². The molecule has 6 heteroatoms. The van der Waals surface area contributed by atoms with Crippen LogP contribution in [0.2, 0.25) is 0 Å². The van der Waals surface area contributed by atoms with Crippen molar-refractivity contribution in [2.24, 2.45) is 0 Å². The van der Waals surface area contributed by atoms with Gasteiger partial charge in [-0.15, -0.1) is 0 Å². The number of halogens is 1. The number of aromatic hydroxyl groups is 1. The fraction of sp³-hybridized carbons (Fsp3) is 0.241. The predicted octanol–water partition coefficient (Wildman–Crippen LogP) is 5.85. The molecule has 5 nitrogen and oxygen atoms in total. The number of carboxylic acid groups (broad SMARTS) is 1. The number of nitrogens with zero attached hydrogens (tertiary/aromatic N) is 1. The van der Waals surface area contributed by atoms with Gasteiger partial charge in [0.25, 0.3) is 5.91 Å². The van der Waals surface area contributed by atoms with Crippen LogP contribution in [0, 0.1) is 17.7 Å². The summed E-state index contributed by atoms with van der Waals surface area (Å²) < 4.78 is 13.2. The standard InChI is InChI=1S/C29H28FNO4/c1-2-3-4-7-18-31(20-22-13-17-27(32)26(19-22)29(34)35)28(33)25-9-6-5-8-23(25)14-10-21-11-15-24(30)16-12-21/h5-6,8-9,11-13,15-17,19,32H,2-4,7,18,20H2,1H3,(H,34,35). The highest BCUT2D eigenvalue weighted by molar-refractivity contribution is 5.97. The van der Waals surface area contributed by atoms with Crippen LogP contribution in [0.15, 0.2) is 66.7 Å². The first kappa shape index (κ1) is 25.5. The lowest BCUT2D eigenvalue weighted by Gasteiger charge is -2.24. The number of rotatable bonds is 9. The van der Waals surface area contributed by atoms with Crippen LogP contribution >= 0.6 is 0 Å². The Labute approximate surface area is 204 Å². The molecule has 0 aliphatic rings. The van der Waals surface area contributed by atoms with Crippen molar-refractivity contribution >= 4 is 11.9 Å². The van der Waals surface area contributed by atoms with Gasteiger partial charge in [-0.1, -0.05) is 56.2 Å². The van der Waals surface area contributed by atoms with Crippen molar-refractivity contribution in [1.82, 2.24) is 4.90 Å². The van der Waals surface area contributed by atoms with Gasteiger partial charge in [-0.25, -0.2) is 9.18 Å². The molecule has 3 rings (SSSR count). The minimum atomic E-state index is -1.23. The summed E-state index contributed by atoms with van der Waals surface area (Å²) in [4.78, 5) is 26.7. The van der Waals surface area contributed by atoms with Crippen LogP contribution in [-0.4, -0.2) is 33.5 Å². The van der Waals surface area contributed by atoms with E-state index in [4.69, 9.17) is 0 Å². The molecule has 180 valence electrons. The topological polar surface area (TPSA) is 77.8 Å². The average Bonchev–Trinajstić information content (AvgIpc) is 2.86. The number of carbonyl (C=O) groups is 2. The summed E-state index contributed by atoms with van der Waals surface area (Å²) in [5.41, 5.74) is 2.04. The van der Waals surface area contributed by atoms with E-state index < -0.39 is 5.97 Å². The van der Waals surface area contributed by atoms with Gasteiger partial charge in [0.2, 0.25) is 0 Å². The van der Waals surface area contributed by atoms with Crippen molar-refractivity contribution in [2.45, 2.75) is 39.2 Å². The molecule has 0 saturated carbocycles. The van der Waals surface area contributed by atoms with Gasteiger partial charge < -0.3 is 15.1 Å². The maximum Gasteiger partial charge on any atom is 0.339 e. The summed E-state index contributed by atoms with van der Waals surface area (Å²) in [5, 5.41) is 19.2. The molecule has 0 bridgehead atoms. The molecule has 0 radical (unpaired) electrons. The zero-order valence-electron chi connectivity index (χ0n) is 19.6. The summed E-state index contributed by atoms with van der Waals surface area (Å²) in [5.74, 6) is 3.90. The number of hydrogen-bond donors (Lipinski definition) is 2. The Balaban J connectivity index is 1.90. The van der Waals surface area contributed by atoms with Gasteiger partial charge >= 0.3 is 5.97 Å². The quantitative estimate of drug-likeness (QED) is 0.302. The number of carbonyl (C=O) groups excluding carboxylic acids is 1. The molecule has 2 N–H and O–H groups in total. The zero-order chi connectivity index (χ0) is 25.2. The van der Waals surface area contributed by atoms with Crippen molar-refractivity contribution in [2.75, 3.05) is 6.54 Å². The van der Waals surface area contributed by atoms with Crippen molar-refractivity contribution in [3.05, 3.63) is 100 Å². The second-order valence-electron chi connectivity index (χ2n) is 8.25. The molecular weight excluding hydrogens is 445 g/mol. The molecule has 0 aromatic heterocycles. The van der Waals surface area contributed by atoms with Crippen LogP contribution in [0.4, 0.5) is 4.39 Å². The van der Waals surface area contributed by atoms with Crippen LogP contribution in [0.3, 0.4) is 0 Å². The van der Waals surface area contributed by atoms with E-state index in [1.54, 1.807) is 47.4 Å². The Kier molecular flexibility index (Phi) is 9.02. The highest BCUT2D eigenvalue weighted by Crippen LogP contribution is 2.21. The van der Waals surface area contributed by atoms with E-state index in [2.05, 4.69) is 18.8 Å². The highest BCUT2D eigenvalue weighted by Gasteiger charge is 2.20. The van der Waals surface area contributed by atoms with Crippen molar-refractivity contribution in [1.29, 1.82) is 0 Å². The van der Waals surface area contributed by atoms with Gasteiger partial charge in [0.05, 0.1) is 5.56 Å². The Bertz CT molecular complexity index is 1240. The van der Waals surface area contributed by atoms with E-state index in [0.29, 0.717) is 28.8 Å². The fourth-order valence-electron chi connectivity index (χ4n) is 3.68. The molecule has 0 spiro atoms. The first-order chi connectivity index (χ1) is 16.9. The Hall–Kier alpha value is -4.11. The number of unbranched alkanes of at least 4 members (excludes halogenated alkanes) is 3. The van der Waals surface area contributed by atoms with E-state index in [0.717, 1.165) is 25.7 Å². The number of carboxylic acids is 1. The van der Waals surface area contributed by atoms with E-state index in [1.165, 1.54) is 24.3 Å². The number of phenols is 1. The molecule has 0 atom stereocenters. The van der Waals surface area contributed by atoms with E-state index in [-0.39, 0.29) is 29.6 Å². The third kappa shape index (κ3) is 7.18. The lowest BCUT2D eigenvalue weighted by Crippen LogP contribution is -2.32. The largest absolute Gasteiger partial charge is 0.507 e. The van der Waals surface area contributed by atoms with Gasteiger partial charge in [0.15, 0.2) is 0 Å². The van der Waals surface area contributed by atoms with Gasteiger partial charge in [-0.05, 0) is 60.5 Å². The third-order valence-corrected chi connectivity index (χ3v) is 5.58. The first-order valence-corrected chi connectivity index (χ1v) is 11.6. The smallest absolute Gasteiger partial charge is 0.339 e. The first-order valence-electron chi connectivity index (χ1n) is 11.6. The molecule has 0 aliphatic heterocycles. The predicted molar refractivity (Wildman–Crippen MR) is 133 cm³/mol. The van der Waals surface area contributed by atoms with Crippen LogP contribution in [0.1, 0.15) is 70.0 Å². The summed E-state index contributed by atoms with van der Waals surface area (Å²) in [6.07, 6.45) is 3.91. The van der Waals surface area contributed by atoms with Gasteiger partial charge in [0, 0.05) is 24.2 Å². The van der Waals surface area contributed by atoms with Crippen LogP contribution < -0.4 is 0 Å². The summed E-state index contributed by atoms with van der Waals surface area (Å²) >= 11 is 0. The Morgan fingerprint density at radius 1 is 0.914 bits per heavy atom. The molecule has 0 unspecified atom stereocenters. The molecule has 0 saturated heterocycles. The molecule has 3 aromatic carbocycles. The maximum atomic E-state index is 13.6. The summed E-state index contributed by atoms with van der Waals surface area (Å²) in [6, 6.07) is 17.2. The van der Waals surface area contributed by atoms with Crippen LogP contribution in [-0.2, 0) is 6.54 Å². The number of amides is 1. The monoisotopic (exact) mass is 473 g/mol. The van der Waals surface area contributed by atoms with E-state index >= 15 is 0 Å². The molecule has 1 amide bonds. The lowest BCUT2D eigenvalue weighted by atomic mass is 10.0. The molecule has 3 aromatic rings. The number of hydrogen-bond acceptors (Lipinski definition) is 3. The molecular formula is C29H28FNO4. The molecule has 0 heterocycles. The van der Waals surface area contributed by atoms with Gasteiger partial charge in [0.1, 0.15) is 17.1 Å². The van der Waals surface area contributed by atoms with Crippen LogP contribution in [0.25, 0.3) is 0 Å². The van der Waals surface area contributed by atoms with Crippen molar-refractivity contribution < 1.29 is 24.2 Å². The SMILES string of the molecule is CCCCCCN(Cc1ccc(O)c(C(=O)O)c1)C(=O)c1ccccc1C#Cc1ccc(F)cc1. The Morgan fingerprint density at radius 2 is 1.66 bits per heavy atom. The Morgan fingerprint density at radius 3 is 2.37 bits per heavy atom. The van der Waals surface area contributed by atoms with Crippen molar-refractivity contribution in [3.63, 3.8) is 0 Å². The second kappa shape index (κ2) is 12.4. The molecule has 35 heavy (non-hydrogen) atoms. The minimum Gasteiger partial charge on any atom is -0.507 e. The van der Waals surface area contributed by atoms with Crippen molar-refractivity contribution in [3.8, 4) is 17.6 Å². The van der Waals surface area contributed by atoms with Gasteiger partial charge in [-0.2, -0.15) is 0 Å². The molecule has 0 aliphatic carbocycles. The van der Waals surface area contributed by atoms with Gasteiger partial charge in [-0.3, -0.25) is 4.79 Å². The fourth-order valence-corrected chi connectivity index (χ4v) is 3.68. The van der Waals surface area contributed by atoms with Crippen LogP contribution in [0.5, 0.6) is 5.75 Å². The third-order valence-electron chi connectivity index (χ3n) is 5.58. The van der Waals surface area contributed by atoms with E-state index in [9.17, 15) is 24.2 Å². The number of aromatic carboxylic acids is 1.